The lowest BCUT2D eigenvalue weighted by molar-refractivity contribution is 0.150. The molecule has 0 aromatic carbocycles. The van der Waals surface area contributed by atoms with Gasteiger partial charge in [0.15, 0.2) is 5.69 Å². The van der Waals surface area contributed by atoms with Gasteiger partial charge in [-0.1, -0.05) is 0 Å². The van der Waals surface area contributed by atoms with Crippen LogP contribution < -0.4 is 0 Å². The predicted molar refractivity (Wildman–Crippen MR) is 54.6 cm³/mol. The van der Waals surface area contributed by atoms with Gasteiger partial charge in [-0.05, 0) is 22.0 Å². The van der Waals surface area contributed by atoms with Crippen molar-refractivity contribution in [2.75, 3.05) is 0 Å². The number of aromatic nitrogens is 1. The summed E-state index contributed by atoms with van der Waals surface area (Å²) >= 11 is 2.74. The average Bonchev–Trinajstić information content (AvgIpc) is 2.14. The smallest absolute Gasteiger partial charge is 0.228 e. The van der Waals surface area contributed by atoms with Crippen molar-refractivity contribution >= 4 is 35.7 Å². The van der Waals surface area contributed by atoms with E-state index < -0.39 is 31.6 Å². The van der Waals surface area contributed by atoms with Crippen molar-refractivity contribution in [2.24, 2.45) is 0 Å². The van der Waals surface area contributed by atoms with E-state index in [1.165, 1.54) is 6.07 Å². The van der Waals surface area contributed by atoms with Gasteiger partial charge in [0.05, 0.1) is 5.56 Å². The van der Waals surface area contributed by atoms with E-state index in [4.69, 9.17) is 15.9 Å². The molecule has 1 aromatic rings. The van der Waals surface area contributed by atoms with Crippen molar-refractivity contribution in [3.05, 3.63) is 21.9 Å². The van der Waals surface area contributed by atoms with Crippen molar-refractivity contribution in [2.45, 2.75) is 11.3 Å². The summed E-state index contributed by atoms with van der Waals surface area (Å²) in [7, 11) is 0.816. The lowest BCUT2D eigenvalue weighted by atomic mass is 10.2. The zero-order chi connectivity index (χ0) is 12.5. The SMILES string of the molecule is N#Cc1nc(Br)c(S(=O)(=O)Cl)cc1C(F)F. The third kappa shape index (κ3) is 2.66. The highest BCUT2D eigenvalue weighted by molar-refractivity contribution is 9.10. The molecule has 86 valence electrons. The maximum atomic E-state index is 12.5. The third-order valence-corrected chi connectivity index (χ3v) is 3.78. The normalized spacial score (nSPS) is 11.5. The molecule has 1 rings (SSSR count). The maximum Gasteiger partial charge on any atom is 0.266 e. The van der Waals surface area contributed by atoms with E-state index >= 15 is 0 Å². The molecule has 1 aromatic heterocycles. The molecule has 0 aliphatic carbocycles. The molecule has 0 amide bonds. The molecule has 0 saturated carbocycles. The van der Waals surface area contributed by atoms with Crippen LogP contribution >= 0.6 is 26.6 Å². The molecule has 0 fully saturated rings. The van der Waals surface area contributed by atoms with Crippen molar-refractivity contribution < 1.29 is 17.2 Å². The molecule has 9 heteroatoms. The Morgan fingerprint density at radius 2 is 2.12 bits per heavy atom. The van der Waals surface area contributed by atoms with Crippen LogP contribution in [0.1, 0.15) is 17.7 Å². The fourth-order valence-electron chi connectivity index (χ4n) is 0.914. The molecule has 0 unspecified atom stereocenters. The first-order valence-corrected chi connectivity index (χ1v) is 6.71. The second-order valence-corrected chi connectivity index (χ2v) is 5.85. The monoisotopic (exact) mass is 330 g/mol. The van der Waals surface area contributed by atoms with Crippen LogP contribution in [-0.2, 0) is 9.05 Å². The number of hydrogen-bond donors (Lipinski definition) is 0. The summed E-state index contributed by atoms with van der Waals surface area (Å²) in [6.07, 6.45) is -3.01. The number of halogens is 4. The summed E-state index contributed by atoms with van der Waals surface area (Å²) in [6, 6.07) is 2.06. The highest BCUT2D eigenvalue weighted by Crippen LogP contribution is 2.30. The van der Waals surface area contributed by atoms with Gasteiger partial charge in [-0.2, -0.15) is 5.26 Å². The van der Waals surface area contributed by atoms with E-state index in [0.717, 1.165) is 0 Å². The highest BCUT2D eigenvalue weighted by atomic mass is 79.9. The Labute approximate surface area is 102 Å². The zero-order valence-electron chi connectivity index (χ0n) is 7.29. The molecule has 0 spiro atoms. The van der Waals surface area contributed by atoms with Gasteiger partial charge >= 0.3 is 0 Å². The Morgan fingerprint density at radius 1 is 1.56 bits per heavy atom. The molecule has 1 heterocycles. The van der Waals surface area contributed by atoms with Gasteiger partial charge in [-0.3, -0.25) is 0 Å². The number of rotatable bonds is 2. The molecule has 0 saturated heterocycles. The summed E-state index contributed by atoms with van der Waals surface area (Å²) in [5, 5.41) is 8.54. The highest BCUT2D eigenvalue weighted by Gasteiger charge is 2.23. The van der Waals surface area contributed by atoms with E-state index in [0.29, 0.717) is 6.07 Å². The summed E-state index contributed by atoms with van der Waals surface area (Å²) in [5.74, 6) is 0. The molecule has 16 heavy (non-hydrogen) atoms. The summed E-state index contributed by atoms with van der Waals surface area (Å²) in [4.78, 5) is 2.80. The van der Waals surface area contributed by atoms with Crippen molar-refractivity contribution in [3.63, 3.8) is 0 Å². The standard InChI is InChI=1S/C7H2BrClF2N2O2S/c8-6-5(16(9,14)15)1-3(7(10)11)4(2-12)13-6/h1,7H. The molecule has 0 aliphatic heterocycles. The van der Waals surface area contributed by atoms with Crippen LogP contribution in [0.25, 0.3) is 0 Å². The number of alkyl halides is 2. The van der Waals surface area contributed by atoms with E-state index in [-0.39, 0.29) is 4.60 Å². The Morgan fingerprint density at radius 3 is 2.50 bits per heavy atom. The van der Waals surface area contributed by atoms with Gasteiger partial charge in [0, 0.05) is 10.7 Å². The maximum absolute atomic E-state index is 12.5. The van der Waals surface area contributed by atoms with Gasteiger partial charge in [-0.15, -0.1) is 0 Å². The number of nitriles is 1. The molecule has 0 N–H and O–H groups in total. The van der Waals surface area contributed by atoms with Gasteiger partial charge in [0.1, 0.15) is 15.6 Å². The van der Waals surface area contributed by atoms with Gasteiger partial charge in [0.25, 0.3) is 15.5 Å². The van der Waals surface area contributed by atoms with Gasteiger partial charge in [0.2, 0.25) is 0 Å². The van der Waals surface area contributed by atoms with Crippen LogP contribution in [0.4, 0.5) is 8.78 Å². The largest absolute Gasteiger partial charge is 0.266 e. The van der Waals surface area contributed by atoms with E-state index in [9.17, 15) is 17.2 Å². The fourth-order valence-corrected chi connectivity index (χ4v) is 2.99. The first-order valence-electron chi connectivity index (χ1n) is 3.60. The lowest BCUT2D eigenvalue weighted by Crippen LogP contribution is -2.01. The lowest BCUT2D eigenvalue weighted by Gasteiger charge is -2.05. The van der Waals surface area contributed by atoms with Crippen LogP contribution in [0.5, 0.6) is 0 Å². The van der Waals surface area contributed by atoms with Crippen molar-refractivity contribution in [3.8, 4) is 6.07 Å². The fraction of sp³-hybridized carbons (Fsp3) is 0.143. The predicted octanol–water partition coefficient (Wildman–Crippen LogP) is 2.58. The molecular formula is C7H2BrClF2N2O2S. The molecular weight excluding hydrogens is 330 g/mol. The average molecular weight is 332 g/mol. The van der Waals surface area contributed by atoms with Gasteiger partial charge < -0.3 is 0 Å². The minimum Gasteiger partial charge on any atom is -0.228 e. The Balaban J connectivity index is 3.60. The molecule has 0 bridgehead atoms. The number of nitrogens with zero attached hydrogens (tertiary/aromatic N) is 2. The van der Waals surface area contributed by atoms with E-state index in [1.54, 1.807) is 0 Å². The Bertz CT molecular complexity index is 570. The quantitative estimate of drug-likeness (QED) is 0.617. The van der Waals surface area contributed by atoms with Crippen LogP contribution in [0.3, 0.4) is 0 Å². The van der Waals surface area contributed by atoms with Gasteiger partial charge in [-0.25, -0.2) is 22.2 Å². The molecule has 0 aliphatic rings. The van der Waals surface area contributed by atoms with E-state index in [2.05, 4.69) is 20.9 Å². The summed E-state index contributed by atoms with van der Waals surface area (Å²) in [6.45, 7) is 0. The minimum atomic E-state index is -4.19. The Kier molecular flexibility index (Phi) is 3.83. The Hall–Kier alpha value is -0.780. The number of pyridine rings is 1. The van der Waals surface area contributed by atoms with Crippen molar-refractivity contribution in [1.82, 2.24) is 4.98 Å². The minimum absolute atomic E-state index is 0.275. The molecule has 4 nitrogen and oxygen atoms in total. The van der Waals surface area contributed by atoms with Crippen molar-refractivity contribution in [1.29, 1.82) is 5.26 Å². The van der Waals surface area contributed by atoms with E-state index in [1.807, 2.05) is 0 Å². The first-order chi connectivity index (χ1) is 7.27. The number of hydrogen-bond acceptors (Lipinski definition) is 4. The zero-order valence-corrected chi connectivity index (χ0v) is 10.4. The first kappa shape index (κ1) is 13.3. The summed E-state index contributed by atoms with van der Waals surface area (Å²) < 4.78 is 46.7. The second kappa shape index (κ2) is 4.61. The molecule has 0 atom stereocenters. The van der Waals surface area contributed by atoms with Crippen LogP contribution in [0.2, 0.25) is 0 Å². The topological polar surface area (TPSA) is 70.8 Å². The molecule has 0 radical (unpaired) electrons. The van der Waals surface area contributed by atoms with Crippen LogP contribution in [-0.4, -0.2) is 13.4 Å². The third-order valence-electron chi connectivity index (χ3n) is 1.58. The van der Waals surface area contributed by atoms with Crippen LogP contribution in [0.15, 0.2) is 15.6 Å². The van der Waals surface area contributed by atoms with Crippen LogP contribution in [0, 0.1) is 11.3 Å². The second-order valence-electron chi connectivity index (χ2n) is 2.57. The summed E-state index contributed by atoms with van der Waals surface area (Å²) in [5.41, 5.74) is -1.32.